The molecule has 0 aliphatic carbocycles. The van der Waals surface area contributed by atoms with Crippen LogP contribution >= 0.6 is 0 Å². The quantitative estimate of drug-likeness (QED) is 0.371. The van der Waals surface area contributed by atoms with Gasteiger partial charge in [0.25, 0.3) is 0 Å². The number of ketones is 1. The second kappa shape index (κ2) is 3.56. The summed E-state index contributed by atoms with van der Waals surface area (Å²) in [7, 11) is 0. The monoisotopic (exact) mass is 180 g/mol. The van der Waals surface area contributed by atoms with Crippen LogP contribution in [0.5, 0.6) is 0 Å². The van der Waals surface area contributed by atoms with Crippen LogP contribution < -0.4 is 0 Å². The van der Waals surface area contributed by atoms with Crippen LogP contribution in [0, 0.1) is 5.41 Å². The molecule has 1 aliphatic rings. The van der Waals surface area contributed by atoms with E-state index in [-0.39, 0.29) is 12.4 Å². The minimum absolute atomic E-state index is 0.111. The molecule has 0 saturated carbocycles. The number of carbonyl (C=O) groups is 2. The van der Waals surface area contributed by atoms with Gasteiger partial charge in [0.1, 0.15) is 5.41 Å². The van der Waals surface area contributed by atoms with Crippen molar-refractivity contribution in [2.75, 3.05) is 6.61 Å². The van der Waals surface area contributed by atoms with Crippen molar-refractivity contribution in [2.24, 2.45) is 5.41 Å². The molecule has 0 aromatic carbocycles. The Morgan fingerprint density at radius 2 is 1.85 bits per heavy atom. The molecule has 1 fully saturated rings. The molecule has 1 aliphatic heterocycles. The Balaban J connectivity index is 2.98. The molecule has 0 aromatic rings. The lowest BCUT2D eigenvalue weighted by molar-refractivity contribution is -0.146. The first-order valence-electron chi connectivity index (χ1n) is 4.09. The molecule has 1 heterocycles. The molecule has 3 nitrogen and oxygen atoms in total. The van der Waals surface area contributed by atoms with Crippen LogP contribution in [-0.2, 0) is 14.3 Å². The zero-order chi connectivity index (χ0) is 9.90. The predicted molar refractivity (Wildman–Crippen MR) is 48.0 cm³/mol. The highest BCUT2D eigenvalue weighted by atomic mass is 16.5. The summed E-state index contributed by atoms with van der Waals surface area (Å²) in [6, 6.07) is 0. The molecular formula is C10H12O3. The highest BCUT2D eigenvalue weighted by Crippen LogP contribution is 2.34. The van der Waals surface area contributed by atoms with Gasteiger partial charge in [0.2, 0.25) is 0 Å². The largest absolute Gasteiger partial charge is 0.457 e. The van der Waals surface area contributed by atoms with Gasteiger partial charge in [0.15, 0.2) is 12.4 Å². The number of ether oxygens (including phenoxy) is 1. The van der Waals surface area contributed by atoms with Crippen molar-refractivity contribution < 1.29 is 14.3 Å². The van der Waals surface area contributed by atoms with Crippen LogP contribution in [0.2, 0.25) is 0 Å². The average Bonchev–Trinajstić information content (AvgIpc) is 2.35. The van der Waals surface area contributed by atoms with Gasteiger partial charge in [-0.25, -0.2) is 0 Å². The van der Waals surface area contributed by atoms with Crippen molar-refractivity contribution in [1.29, 1.82) is 0 Å². The zero-order valence-corrected chi connectivity index (χ0v) is 7.41. The molecule has 0 N–H and O–H groups in total. The van der Waals surface area contributed by atoms with Crippen molar-refractivity contribution in [2.45, 2.75) is 12.8 Å². The lowest BCUT2D eigenvalue weighted by Crippen LogP contribution is -2.32. The topological polar surface area (TPSA) is 43.4 Å². The van der Waals surface area contributed by atoms with Crippen molar-refractivity contribution in [3.63, 3.8) is 0 Å². The number of rotatable bonds is 4. The fraction of sp³-hybridized carbons (Fsp3) is 0.400. The molecule has 0 aromatic heterocycles. The van der Waals surface area contributed by atoms with Gasteiger partial charge < -0.3 is 4.74 Å². The third-order valence-electron chi connectivity index (χ3n) is 2.24. The predicted octanol–water partition coefficient (Wildman–Crippen LogP) is 1.25. The Hall–Kier alpha value is -1.38. The van der Waals surface area contributed by atoms with E-state index < -0.39 is 11.4 Å². The first-order valence-corrected chi connectivity index (χ1v) is 4.09. The average molecular weight is 180 g/mol. The van der Waals surface area contributed by atoms with Crippen LogP contribution in [0.15, 0.2) is 25.3 Å². The van der Waals surface area contributed by atoms with Gasteiger partial charge in [-0.1, -0.05) is 12.2 Å². The summed E-state index contributed by atoms with van der Waals surface area (Å²) >= 11 is 0. The number of Topliss-reactive ketones (excluding diaryl/α,β-unsaturated/α-hetero) is 1. The standard InChI is InChI=1S/C10H12O3/c1-3-5-10(6-4-2)8(11)7-13-9(10)12/h3-4H,1-2,5-7H2. The van der Waals surface area contributed by atoms with Gasteiger partial charge in [0.05, 0.1) is 0 Å². The molecule has 0 amide bonds. The fourth-order valence-corrected chi connectivity index (χ4v) is 1.49. The van der Waals surface area contributed by atoms with Crippen molar-refractivity contribution >= 4 is 11.8 Å². The van der Waals surface area contributed by atoms with E-state index in [2.05, 4.69) is 13.2 Å². The second-order valence-corrected chi connectivity index (χ2v) is 3.07. The number of hydrogen-bond acceptors (Lipinski definition) is 3. The maximum Gasteiger partial charge on any atom is 0.320 e. The lowest BCUT2D eigenvalue weighted by atomic mass is 9.79. The normalized spacial score (nSPS) is 19.7. The Bertz CT molecular complexity index is 237. The molecular weight excluding hydrogens is 168 g/mol. The summed E-state index contributed by atoms with van der Waals surface area (Å²) in [5, 5.41) is 0. The van der Waals surface area contributed by atoms with E-state index in [0.717, 1.165) is 0 Å². The maximum absolute atomic E-state index is 11.4. The molecule has 70 valence electrons. The van der Waals surface area contributed by atoms with Crippen LogP contribution in [0.3, 0.4) is 0 Å². The summed E-state index contributed by atoms with van der Waals surface area (Å²) in [5.41, 5.74) is -1.02. The first kappa shape index (κ1) is 9.71. The number of allylic oxidation sites excluding steroid dienone is 2. The first-order chi connectivity index (χ1) is 6.17. The molecule has 3 heteroatoms. The Kier molecular flexibility index (Phi) is 2.66. The summed E-state index contributed by atoms with van der Waals surface area (Å²) in [6.07, 6.45) is 3.79. The Labute approximate surface area is 77.1 Å². The molecule has 0 radical (unpaired) electrons. The van der Waals surface area contributed by atoms with E-state index >= 15 is 0 Å². The van der Waals surface area contributed by atoms with E-state index in [4.69, 9.17) is 4.74 Å². The van der Waals surface area contributed by atoms with E-state index in [1.54, 1.807) is 12.2 Å². The van der Waals surface area contributed by atoms with Crippen LogP contribution in [0.25, 0.3) is 0 Å². The molecule has 0 unspecified atom stereocenters. The van der Waals surface area contributed by atoms with Gasteiger partial charge in [0, 0.05) is 0 Å². The number of hydrogen-bond donors (Lipinski definition) is 0. The third kappa shape index (κ3) is 1.41. The van der Waals surface area contributed by atoms with E-state index in [0.29, 0.717) is 12.8 Å². The summed E-state index contributed by atoms with van der Waals surface area (Å²) in [5.74, 6) is -0.616. The van der Waals surface area contributed by atoms with Crippen LogP contribution in [0.4, 0.5) is 0 Å². The van der Waals surface area contributed by atoms with Gasteiger partial charge >= 0.3 is 5.97 Å². The third-order valence-corrected chi connectivity index (χ3v) is 2.24. The van der Waals surface area contributed by atoms with Gasteiger partial charge in [-0.3, -0.25) is 9.59 Å². The highest BCUT2D eigenvalue weighted by molar-refractivity contribution is 6.09. The molecule has 1 rings (SSSR count). The highest BCUT2D eigenvalue weighted by Gasteiger charge is 2.49. The van der Waals surface area contributed by atoms with E-state index in [1.165, 1.54) is 0 Å². The number of esters is 1. The Morgan fingerprint density at radius 3 is 2.15 bits per heavy atom. The van der Waals surface area contributed by atoms with E-state index in [1.807, 2.05) is 0 Å². The second-order valence-electron chi connectivity index (χ2n) is 3.07. The molecule has 0 atom stereocenters. The molecule has 13 heavy (non-hydrogen) atoms. The SMILES string of the molecule is C=CCC1(CC=C)C(=O)COC1=O. The zero-order valence-electron chi connectivity index (χ0n) is 7.41. The smallest absolute Gasteiger partial charge is 0.320 e. The summed E-state index contributed by atoms with van der Waals surface area (Å²) in [4.78, 5) is 22.8. The fourth-order valence-electron chi connectivity index (χ4n) is 1.49. The minimum atomic E-state index is -1.02. The summed E-state index contributed by atoms with van der Waals surface area (Å²) in [6.45, 7) is 6.94. The van der Waals surface area contributed by atoms with Crippen LogP contribution in [0.1, 0.15) is 12.8 Å². The Morgan fingerprint density at radius 1 is 1.31 bits per heavy atom. The van der Waals surface area contributed by atoms with Gasteiger partial charge in [-0.2, -0.15) is 0 Å². The van der Waals surface area contributed by atoms with Crippen molar-refractivity contribution in [3.05, 3.63) is 25.3 Å². The van der Waals surface area contributed by atoms with Crippen molar-refractivity contribution in [3.8, 4) is 0 Å². The number of carbonyl (C=O) groups excluding carboxylic acids is 2. The van der Waals surface area contributed by atoms with Gasteiger partial charge in [-0.15, -0.1) is 13.2 Å². The maximum atomic E-state index is 11.4. The van der Waals surface area contributed by atoms with E-state index in [9.17, 15) is 9.59 Å². The molecule has 1 saturated heterocycles. The summed E-state index contributed by atoms with van der Waals surface area (Å²) < 4.78 is 4.70. The lowest BCUT2D eigenvalue weighted by Gasteiger charge is -2.18. The van der Waals surface area contributed by atoms with Crippen molar-refractivity contribution in [1.82, 2.24) is 0 Å². The minimum Gasteiger partial charge on any atom is -0.457 e. The van der Waals surface area contributed by atoms with Gasteiger partial charge in [-0.05, 0) is 12.8 Å². The van der Waals surface area contributed by atoms with Crippen LogP contribution in [-0.4, -0.2) is 18.4 Å². The molecule has 0 spiro atoms. The molecule has 0 bridgehead atoms. The number of cyclic esters (lactones) is 1.